The van der Waals surface area contributed by atoms with E-state index in [9.17, 15) is 44.1 Å². The van der Waals surface area contributed by atoms with E-state index in [1.54, 1.807) is 0 Å². The molecule has 6 N–H and O–H groups in total. The van der Waals surface area contributed by atoms with Crippen molar-refractivity contribution in [2.75, 3.05) is 6.61 Å². The van der Waals surface area contributed by atoms with E-state index in [4.69, 9.17) is 18.7 Å². The number of rotatable bonds is 44. The standard InChI is InChI=1S/C50H96NO13P/c1-4-7-10-13-16-19-20-21-22-25-28-31-34-37-45(55)61-42(36-33-30-27-24-18-15-12-9-6-3)39-46(56)63-49-47(50(57)62-43(40-52)48(49)64-65(58,59)60)51-44(54)38-41(53)35-32-29-26-23-17-14-11-8-5-2/h41-43,47-50,52-53,57H,4-40H2,1-3H3,(H,51,54)(H2,58,59,60)/t41-,42-,43-,47-,48-,49-,50-/m1/s1. The van der Waals surface area contributed by atoms with E-state index in [0.29, 0.717) is 25.7 Å². The highest BCUT2D eigenvalue weighted by Crippen LogP contribution is 2.42. The molecule has 14 nitrogen and oxygen atoms in total. The summed E-state index contributed by atoms with van der Waals surface area (Å²) in [6.07, 6.45) is 26.3. The molecule has 15 heteroatoms. The minimum atomic E-state index is -5.29. The Hall–Kier alpha value is -1.64. The summed E-state index contributed by atoms with van der Waals surface area (Å²) in [6.45, 7) is 5.74. The van der Waals surface area contributed by atoms with Crippen molar-refractivity contribution in [3.05, 3.63) is 0 Å². The van der Waals surface area contributed by atoms with Crippen LogP contribution in [0.1, 0.15) is 252 Å². The topological polar surface area (TPSA) is 218 Å². The summed E-state index contributed by atoms with van der Waals surface area (Å²) in [4.78, 5) is 59.6. The molecule has 1 fully saturated rings. The summed E-state index contributed by atoms with van der Waals surface area (Å²) >= 11 is 0. The van der Waals surface area contributed by atoms with Gasteiger partial charge in [-0.15, -0.1) is 0 Å². The number of phosphoric ester groups is 1. The van der Waals surface area contributed by atoms with Crippen LogP contribution in [0.25, 0.3) is 0 Å². The number of esters is 2. The number of amides is 1. The molecule has 0 aliphatic carbocycles. The second kappa shape index (κ2) is 40.3. The van der Waals surface area contributed by atoms with Crippen LogP contribution in [0.5, 0.6) is 0 Å². The number of aliphatic hydroxyl groups is 3. The minimum Gasteiger partial charge on any atom is -0.462 e. The van der Waals surface area contributed by atoms with Gasteiger partial charge in [-0.3, -0.25) is 18.9 Å². The van der Waals surface area contributed by atoms with Crippen molar-refractivity contribution in [1.29, 1.82) is 0 Å². The molecule has 0 aromatic carbocycles. The van der Waals surface area contributed by atoms with Gasteiger partial charge < -0.3 is 44.6 Å². The van der Waals surface area contributed by atoms with E-state index in [1.165, 1.54) is 116 Å². The monoisotopic (exact) mass is 950 g/mol. The molecule has 0 bridgehead atoms. The number of carbonyl (C=O) groups excluding carboxylic acids is 3. The Labute approximate surface area is 394 Å². The third-order valence-corrected chi connectivity index (χ3v) is 13.1. The third-order valence-electron chi connectivity index (χ3n) is 12.6. The van der Waals surface area contributed by atoms with E-state index in [1.807, 2.05) is 0 Å². The van der Waals surface area contributed by atoms with Crippen LogP contribution in [0.15, 0.2) is 0 Å². The Balaban J connectivity index is 2.90. The van der Waals surface area contributed by atoms with Crippen LogP contribution in [-0.4, -0.2) is 92.4 Å². The van der Waals surface area contributed by atoms with E-state index >= 15 is 0 Å². The van der Waals surface area contributed by atoms with Gasteiger partial charge in [0.1, 0.15) is 24.4 Å². The normalized spacial score (nSPS) is 19.8. The fourth-order valence-electron chi connectivity index (χ4n) is 8.70. The van der Waals surface area contributed by atoms with Gasteiger partial charge in [-0.25, -0.2) is 4.57 Å². The van der Waals surface area contributed by atoms with Gasteiger partial charge in [-0.1, -0.05) is 207 Å². The summed E-state index contributed by atoms with van der Waals surface area (Å²) in [6, 6.07) is -1.58. The van der Waals surface area contributed by atoms with E-state index < -0.39 is 75.1 Å². The predicted octanol–water partition coefficient (Wildman–Crippen LogP) is 10.9. The summed E-state index contributed by atoms with van der Waals surface area (Å²) in [5.74, 6) is -2.05. The van der Waals surface area contributed by atoms with Crippen molar-refractivity contribution in [2.24, 2.45) is 0 Å². The summed E-state index contributed by atoms with van der Waals surface area (Å²) in [7, 11) is -5.29. The van der Waals surface area contributed by atoms with E-state index in [0.717, 1.165) is 70.6 Å². The van der Waals surface area contributed by atoms with E-state index in [-0.39, 0.29) is 19.3 Å². The van der Waals surface area contributed by atoms with Crippen LogP contribution in [0.3, 0.4) is 0 Å². The van der Waals surface area contributed by atoms with Crippen LogP contribution in [0, 0.1) is 0 Å². The van der Waals surface area contributed by atoms with E-state index in [2.05, 4.69) is 26.1 Å². The lowest BCUT2D eigenvalue weighted by molar-refractivity contribution is -0.256. The average Bonchev–Trinajstić information content (AvgIpc) is 3.25. The van der Waals surface area contributed by atoms with Gasteiger partial charge in [0, 0.05) is 6.42 Å². The van der Waals surface area contributed by atoms with Gasteiger partial charge in [-0.2, -0.15) is 0 Å². The number of aliphatic hydroxyl groups excluding tert-OH is 3. The molecule has 0 aromatic heterocycles. The lowest BCUT2D eigenvalue weighted by Crippen LogP contribution is -2.65. The van der Waals surface area contributed by atoms with Gasteiger partial charge in [-0.05, 0) is 25.7 Å². The number of nitrogens with one attached hydrogen (secondary N) is 1. The first-order valence-corrected chi connectivity index (χ1v) is 27.9. The molecule has 1 aliphatic rings. The molecular weight excluding hydrogens is 854 g/mol. The number of hydrogen-bond acceptors (Lipinski definition) is 11. The summed E-state index contributed by atoms with van der Waals surface area (Å²) in [5.41, 5.74) is 0. The van der Waals surface area contributed by atoms with Gasteiger partial charge in [0.05, 0.1) is 25.6 Å². The van der Waals surface area contributed by atoms with Crippen molar-refractivity contribution in [2.45, 2.75) is 295 Å². The van der Waals surface area contributed by atoms with Crippen molar-refractivity contribution in [3.8, 4) is 0 Å². The molecule has 0 unspecified atom stereocenters. The zero-order chi connectivity index (χ0) is 48.0. The van der Waals surface area contributed by atoms with Crippen molar-refractivity contribution < 1.29 is 62.8 Å². The molecule has 0 aromatic rings. The lowest BCUT2D eigenvalue weighted by atomic mass is 9.96. The lowest BCUT2D eigenvalue weighted by Gasteiger charge is -2.43. The molecular formula is C50H96NO13P. The Kier molecular flexibility index (Phi) is 38.0. The number of unbranched alkanes of at least 4 members (excludes halogenated alkanes) is 28. The quantitative estimate of drug-likeness (QED) is 0.0190. The van der Waals surface area contributed by atoms with Crippen LogP contribution >= 0.6 is 7.82 Å². The van der Waals surface area contributed by atoms with Crippen molar-refractivity contribution >= 4 is 25.7 Å². The highest BCUT2D eigenvalue weighted by molar-refractivity contribution is 7.46. The fraction of sp³-hybridized carbons (Fsp3) is 0.940. The Morgan fingerprint density at radius 2 is 1.00 bits per heavy atom. The first-order chi connectivity index (χ1) is 31.3. The molecule has 1 aliphatic heterocycles. The van der Waals surface area contributed by atoms with Crippen molar-refractivity contribution in [3.63, 3.8) is 0 Å². The molecule has 0 saturated carbocycles. The highest BCUT2D eigenvalue weighted by Gasteiger charge is 2.51. The molecule has 65 heavy (non-hydrogen) atoms. The maximum absolute atomic E-state index is 13.7. The zero-order valence-corrected chi connectivity index (χ0v) is 42.0. The molecule has 384 valence electrons. The highest BCUT2D eigenvalue weighted by atomic mass is 31.2. The van der Waals surface area contributed by atoms with Crippen LogP contribution in [0.2, 0.25) is 0 Å². The van der Waals surface area contributed by atoms with Gasteiger partial charge in [0.25, 0.3) is 0 Å². The Bertz CT molecular complexity index is 1220. The number of hydrogen-bond donors (Lipinski definition) is 6. The second-order valence-corrected chi connectivity index (χ2v) is 19.9. The van der Waals surface area contributed by atoms with Crippen LogP contribution < -0.4 is 5.32 Å². The Morgan fingerprint density at radius 3 is 1.43 bits per heavy atom. The second-order valence-electron chi connectivity index (χ2n) is 18.8. The predicted molar refractivity (Wildman–Crippen MR) is 256 cm³/mol. The first-order valence-electron chi connectivity index (χ1n) is 26.4. The van der Waals surface area contributed by atoms with Crippen LogP contribution in [0.4, 0.5) is 0 Å². The average molecular weight is 950 g/mol. The molecule has 0 spiro atoms. The SMILES string of the molecule is CCCCCCCCCCCCCCCC(=O)O[C@H](CCCCCCCCCCC)CC(=O)O[C@@H]1[C@@H](NC(=O)C[C@H](O)CCCCCCCCCCC)[C@H](O)O[C@H](CO)[C@H]1OP(=O)(O)O. The molecule has 1 heterocycles. The van der Waals surface area contributed by atoms with Crippen LogP contribution in [-0.2, 0) is 37.7 Å². The summed E-state index contributed by atoms with van der Waals surface area (Å²) in [5, 5.41) is 34.2. The number of ether oxygens (including phenoxy) is 3. The largest absolute Gasteiger partial charge is 0.470 e. The maximum Gasteiger partial charge on any atom is 0.470 e. The molecule has 1 amide bonds. The smallest absolute Gasteiger partial charge is 0.462 e. The van der Waals surface area contributed by atoms with Crippen molar-refractivity contribution in [1.82, 2.24) is 5.32 Å². The third kappa shape index (κ3) is 33.5. The molecule has 7 atom stereocenters. The molecule has 1 rings (SSSR count). The Morgan fingerprint density at radius 1 is 0.585 bits per heavy atom. The number of carbonyl (C=O) groups is 3. The first kappa shape index (κ1) is 61.4. The van der Waals surface area contributed by atoms with Gasteiger partial charge in [0.15, 0.2) is 12.4 Å². The van der Waals surface area contributed by atoms with Gasteiger partial charge >= 0.3 is 19.8 Å². The number of phosphoric acid groups is 1. The molecule has 0 radical (unpaired) electrons. The fourth-order valence-corrected chi connectivity index (χ4v) is 9.27. The summed E-state index contributed by atoms with van der Waals surface area (Å²) < 4.78 is 34.1. The zero-order valence-electron chi connectivity index (χ0n) is 41.2. The maximum atomic E-state index is 13.7. The van der Waals surface area contributed by atoms with Gasteiger partial charge in [0.2, 0.25) is 5.91 Å². The minimum absolute atomic E-state index is 0.211. The molecule has 1 saturated heterocycles.